The van der Waals surface area contributed by atoms with Crippen molar-refractivity contribution >= 4 is 11.8 Å². The summed E-state index contributed by atoms with van der Waals surface area (Å²) < 4.78 is 0. The normalized spacial score (nSPS) is 31.2. The molecule has 1 aromatic carbocycles. The van der Waals surface area contributed by atoms with Crippen LogP contribution in [0.1, 0.15) is 42.6 Å². The summed E-state index contributed by atoms with van der Waals surface area (Å²) in [5.41, 5.74) is 6.59. The highest BCUT2D eigenvalue weighted by atomic mass is 16.3. The lowest BCUT2D eigenvalue weighted by molar-refractivity contribution is -0.121. The zero-order valence-electron chi connectivity index (χ0n) is 15.7. The Bertz CT molecular complexity index is 683. The van der Waals surface area contributed by atoms with Gasteiger partial charge in [-0.1, -0.05) is 26.0 Å². The molecule has 2 fully saturated rings. The van der Waals surface area contributed by atoms with Crippen molar-refractivity contribution in [3.05, 3.63) is 35.4 Å². The van der Waals surface area contributed by atoms with Gasteiger partial charge in [-0.2, -0.15) is 0 Å². The van der Waals surface area contributed by atoms with E-state index < -0.39 is 12.0 Å². The van der Waals surface area contributed by atoms with Crippen LogP contribution in [0.4, 0.5) is 0 Å². The van der Waals surface area contributed by atoms with Gasteiger partial charge in [0.15, 0.2) is 0 Å². The van der Waals surface area contributed by atoms with Crippen LogP contribution in [0.3, 0.4) is 0 Å². The molecule has 26 heavy (non-hydrogen) atoms. The maximum Gasteiger partial charge on any atom is 0.248 e. The lowest BCUT2D eigenvalue weighted by atomic mass is 9.66. The fourth-order valence-corrected chi connectivity index (χ4v) is 5.22. The molecule has 4 N–H and O–H groups in total. The summed E-state index contributed by atoms with van der Waals surface area (Å²) in [4.78, 5) is 25.9. The van der Waals surface area contributed by atoms with Crippen molar-refractivity contribution in [3.8, 4) is 0 Å². The molecule has 0 radical (unpaired) electrons. The molecule has 6 nitrogen and oxygen atoms in total. The third-order valence-electron chi connectivity index (χ3n) is 5.95. The molecule has 2 aliphatic rings. The average Bonchev–Trinajstić information content (AvgIpc) is 2.84. The van der Waals surface area contributed by atoms with E-state index in [0.29, 0.717) is 17.5 Å². The number of likely N-dealkylation sites (tertiary alicyclic amines) is 1. The molecule has 1 saturated heterocycles. The predicted octanol–water partition coefficient (Wildman–Crippen LogP) is 0.924. The molecule has 2 unspecified atom stereocenters. The third kappa shape index (κ3) is 3.48. The molecule has 1 aliphatic heterocycles. The van der Waals surface area contributed by atoms with Crippen LogP contribution < -0.4 is 11.1 Å². The monoisotopic (exact) mass is 359 g/mol. The van der Waals surface area contributed by atoms with Gasteiger partial charge in [-0.15, -0.1) is 0 Å². The summed E-state index contributed by atoms with van der Waals surface area (Å²) in [6.45, 7) is 5.42. The zero-order valence-corrected chi connectivity index (χ0v) is 15.7. The van der Waals surface area contributed by atoms with Crippen LogP contribution in [0.5, 0.6) is 0 Å². The fraction of sp³-hybridized carbons (Fsp3) is 0.600. The number of amides is 2. The van der Waals surface area contributed by atoms with Crippen molar-refractivity contribution in [1.29, 1.82) is 0 Å². The van der Waals surface area contributed by atoms with Crippen LogP contribution in [0.25, 0.3) is 0 Å². The number of nitrogens with one attached hydrogen (secondary N) is 1. The molecule has 1 heterocycles. The van der Waals surface area contributed by atoms with Crippen molar-refractivity contribution in [3.63, 3.8) is 0 Å². The van der Waals surface area contributed by atoms with Crippen molar-refractivity contribution in [2.75, 3.05) is 13.6 Å². The summed E-state index contributed by atoms with van der Waals surface area (Å²) in [7, 11) is 2.13. The van der Waals surface area contributed by atoms with Crippen LogP contribution in [0, 0.1) is 11.3 Å². The molecular formula is C20H29N3O3. The Labute approximate surface area is 154 Å². The van der Waals surface area contributed by atoms with Crippen LogP contribution in [0.15, 0.2) is 24.3 Å². The van der Waals surface area contributed by atoms with Crippen molar-refractivity contribution in [1.82, 2.24) is 10.2 Å². The van der Waals surface area contributed by atoms with Crippen LogP contribution >= 0.6 is 0 Å². The van der Waals surface area contributed by atoms with Gasteiger partial charge in [-0.3, -0.25) is 9.59 Å². The molecule has 3 rings (SSSR count). The highest BCUT2D eigenvalue weighted by Gasteiger charge is 2.58. The first-order valence-electron chi connectivity index (χ1n) is 9.28. The minimum atomic E-state index is -0.494. The second-order valence-electron chi connectivity index (χ2n) is 8.35. The lowest BCUT2D eigenvalue weighted by Gasteiger charge is -2.57. The highest BCUT2D eigenvalue weighted by molar-refractivity contribution is 5.92. The summed E-state index contributed by atoms with van der Waals surface area (Å²) >= 11 is 0. The minimum Gasteiger partial charge on any atom is -0.391 e. The Hall–Kier alpha value is -1.92. The maximum atomic E-state index is 12.4. The molecule has 4 atom stereocenters. The number of hydrogen-bond acceptors (Lipinski definition) is 4. The Balaban J connectivity index is 1.59. The van der Waals surface area contributed by atoms with E-state index in [1.807, 2.05) is 0 Å². The molecule has 0 bridgehead atoms. The van der Waals surface area contributed by atoms with Gasteiger partial charge in [0.05, 0.1) is 18.6 Å². The number of nitrogens with zero attached hydrogens (tertiary/aromatic N) is 1. The molecule has 0 aromatic heterocycles. The quantitative estimate of drug-likeness (QED) is 0.729. The number of carbonyl (C=O) groups excluding carboxylic acids is 2. The number of carbonyl (C=O) groups is 2. The van der Waals surface area contributed by atoms with Gasteiger partial charge < -0.3 is 21.1 Å². The molecule has 2 amide bonds. The predicted molar refractivity (Wildman–Crippen MR) is 99.5 cm³/mol. The van der Waals surface area contributed by atoms with E-state index in [4.69, 9.17) is 5.73 Å². The van der Waals surface area contributed by atoms with E-state index in [1.165, 1.54) is 0 Å². The number of primary amides is 1. The molecule has 1 aromatic rings. The van der Waals surface area contributed by atoms with E-state index in [1.54, 1.807) is 24.3 Å². The van der Waals surface area contributed by atoms with E-state index in [-0.39, 0.29) is 23.8 Å². The van der Waals surface area contributed by atoms with E-state index in [2.05, 4.69) is 31.1 Å². The lowest BCUT2D eigenvalue weighted by Crippen LogP contribution is -2.64. The molecule has 6 heteroatoms. The van der Waals surface area contributed by atoms with E-state index >= 15 is 0 Å². The van der Waals surface area contributed by atoms with Gasteiger partial charge in [-0.25, -0.2) is 0 Å². The Morgan fingerprint density at radius 3 is 2.50 bits per heavy atom. The fourth-order valence-electron chi connectivity index (χ4n) is 5.22. The molecular weight excluding hydrogens is 330 g/mol. The van der Waals surface area contributed by atoms with Crippen molar-refractivity contribution in [2.45, 2.75) is 51.3 Å². The number of rotatable bonds is 5. The number of hydrogen-bond donors (Lipinski definition) is 3. The third-order valence-corrected chi connectivity index (χ3v) is 5.95. The molecule has 1 spiro atoms. The van der Waals surface area contributed by atoms with Gasteiger partial charge >= 0.3 is 0 Å². The smallest absolute Gasteiger partial charge is 0.248 e. The van der Waals surface area contributed by atoms with Gasteiger partial charge in [0.1, 0.15) is 0 Å². The highest BCUT2D eigenvalue weighted by Crippen LogP contribution is 2.52. The topological polar surface area (TPSA) is 95.7 Å². The van der Waals surface area contributed by atoms with Gasteiger partial charge in [0.2, 0.25) is 11.8 Å². The summed E-state index contributed by atoms with van der Waals surface area (Å²) in [6, 6.07) is 7.00. The number of aliphatic hydroxyl groups is 1. The van der Waals surface area contributed by atoms with Gasteiger partial charge in [0, 0.05) is 23.6 Å². The van der Waals surface area contributed by atoms with Crippen LogP contribution in [-0.2, 0) is 11.2 Å². The first-order valence-corrected chi connectivity index (χ1v) is 9.28. The molecule has 1 aliphatic carbocycles. The Morgan fingerprint density at radius 2 is 1.96 bits per heavy atom. The second kappa shape index (κ2) is 7.00. The number of nitrogens with two attached hydrogens (primary N) is 1. The summed E-state index contributed by atoms with van der Waals surface area (Å²) in [6.07, 6.45) is 1.31. The summed E-state index contributed by atoms with van der Waals surface area (Å²) in [5.74, 6) is -0.0589. The van der Waals surface area contributed by atoms with Crippen LogP contribution in [-0.4, -0.2) is 53.6 Å². The van der Waals surface area contributed by atoms with Crippen molar-refractivity contribution < 1.29 is 14.7 Å². The first-order chi connectivity index (χ1) is 12.2. The Morgan fingerprint density at radius 1 is 1.31 bits per heavy atom. The zero-order chi connectivity index (χ0) is 19.1. The van der Waals surface area contributed by atoms with Gasteiger partial charge in [0.25, 0.3) is 0 Å². The first kappa shape index (κ1) is 18.9. The number of benzene rings is 1. The van der Waals surface area contributed by atoms with Crippen LogP contribution in [0.2, 0.25) is 0 Å². The minimum absolute atomic E-state index is 0.105. The van der Waals surface area contributed by atoms with Gasteiger partial charge in [-0.05, 0) is 43.5 Å². The van der Waals surface area contributed by atoms with E-state index in [9.17, 15) is 14.7 Å². The Kier molecular flexibility index (Phi) is 5.08. The number of aliphatic hydroxyl groups excluding tert-OH is 1. The van der Waals surface area contributed by atoms with Crippen molar-refractivity contribution in [2.24, 2.45) is 17.1 Å². The molecule has 142 valence electrons. The average molecular weight is 359 g/mol. The van der Waals surface area contributed by atoms with E-state index in [0.717, 1.165) is 24.9 Å². The molecule has 1 saturated carbocycles. The largest absolute Gasteiger partial charge is 0.391 e. The second-order valence-corrected chi connectivity index (χ2v) is 8.35. The standard InChI is InChI=1S/C20H29N3O3/c1-12(2)18-20(11-23(18)3)9-15(16(24)10-20)22-17(25)8-13-4-6-14(7-5-13)19(21)26/h4-7,12,15-16,18,24H,8-11H2,1-3H3,(H2,21,26)(H,22,25)/t15-,16-,18?,20?/m1/s1. The summed E-state index contributed by atoms with van der Waals surface area (Å²) in [5, 5.41) is 13.5. The maximum absolute atomic E-state index is 12.4. The SMILES string of the molecule is CC(C)C1N(C)CC12C[C@@H](O)[C@H](NC(=O)Cc1ccc(C(N)=O)cc1)C2.